The van der Waals surface area contributed by atoms with E-state index < -0.39 is 0 Å². The molecule has 1 aromatic rings. The first kappa shape index (κ1) is 7.21. The monoisotopic (exact) mass is 141 g/mol. The van der Waals surface area contributed by atoms with Crippen LogP contribution in [0.3, 0.4) is 0 Å². The Bertz CT molecular complexity index is 169. The van der Waals surface area contributed by atoms with Crippen molar-refractivity contribution in [3.63, 3.8) is 0 Å². The Hall–Kier alpha value is -0.900. The topological polar surface area (TPSA) is 51.0 Å². The van der Waals surface area contributed by atoms with E-state index in [0.29, 0.717) is 5.89 Å². The second kappa shape index (κ2) is 3.31. The first-order valence-corrected chi connectivity index (χ1v) is 3.31. The van der Waals surface area contributed by atoms with Gasteiger partial charge in [0.05, 0.1) is 6.04 Å². The van der Waals surface area contributed by atoms with Crippen molar-refractivity contribution in [1.82, 2.24) is 15.5 Å². The molecule has 1 N–H and O–H groups in total. The van der Waals surface area contributed by atoms with E-state index in [-0.39, 0.29) is 6.04 Å². The summed E-state index contributed by atoms with van der Waals surface area (Å²) in [6, 6.07) is 0.197. The van der Waals surface area contributed by atoms with Crippen molar-refractivity contribution < 1.29 is 4.42 Å². The summed E-state index contributed by atoms with van der Waals surface area (Å²) >= 11 is 0. The summed E-state index contributed by atoms with van der Waals surface area (Å²) in [7, 11) is 1.87. The Morgan fingerprint density at radius 3 is 3.00 bits per heavy atom. The van der Waals surface area contributed by atoms with Gasteiger partial charge in [0, 0.05) is 0 Å². The lowest BCUT2D eigenvalue weighted by molar-refractivity contribution is 0.408. The average molecular weight is 141 g/mol. The molecular weight excluding hydrogens is 130 g/mol. The van der Waals surface area contributed by atoms with Gasteiger partial charge in [0.2, 0.25) is 12.3 Å². The highest BCUT2D eigenvalue weighted by molar-refractivity contribution is 4.83. The Morgan fingerprint density at radius 1 is 1.80 bits per heavy atom. The summed E-state index contributed by atoms with van der Waals surface area (Å²) in [5.74, 6) is 0.657. The molecule has 0 saturated heterocycles. The lowest BCUT2D eigenvalue weighted by atomic mass is 10.2. The largest absolute Gasteiger partial charge is 0.426 e. The maximum atomic E-state index is 4.99. The quantitative estimate of drug-likeness (QED) is 0.674. The third-order valence-corrected chi connectivity index (χ3v) is 1.43. The van der Waals surface area contributed by atoms with E-state index in [4.69, 9.17) is 4.42 Å². The van der Waals surface area contributed by atoms with E-state index in [1.54, 1.807) is 0 Å². The van der Waals surface area contributed by atoms with Crippen molar-refractivity contribution in [2.45, 2.75) is 19.4 Å². The van der Waals surface area contributed by atoms with Crippen molar-refractivity contribution in [1.29, 1.82) is 0 Å². The third-order valence-electron chi connectivity index (χ3n) is 1.43. The number of hydrogen-bond donors (Lipinski definition) is 1. The molecule has 1 heterocycles. The highest BCUT2D eigenvalue weighted by Gasteiger charge is 2.10. The van der Waals surface area contributed by atoms with Gasteiger partial charge in [-0.1, -0.05) is 6.92 Å². The zero-order chi connectivity index (χ0) is 7.40. The van der Waals surface area contributed by atoms with Gasteiger partial charge < -0.3 is 9.73 Å². The van der Waals surface area contributed by atoms with Gasteiger partial charge in [-0.15, -0.1) is 10.2 Å². The first-order chi connectivity index (χ1) is 4.88. The number of hydrogen-bond acceptors (Lipinski definition) is 4. The van der Waals surface area contributed by atoms with Gasteiger partial charge in [0.25, 0.3) is 0 Å². The van der Waals surface area contributed by atoms with Gasteiger partial charge in [-0.25, -0.2) is 0 Å². The minimum absolute atomic E-state index is 0.197. The molecule has 0 bridgehead atoms. The van der Waals surface area contributed by atoms with Crippen LogP contribution in [0.15, 0.2) is 10.8 Å². The van der Waals surface area contributed by atoms with Crippen molar-refractivity contribution >= 4 is 0 Å². The summed E-state index contributed by atoms with van der Waals surface area (Å²) in [5, 5.41) is 10.4. The summed E-state index contributed by atoms with van der Waals surface area (Å²) in [6.07, 6.45) is 2.30. The van der Waals surface area contributed by atoms with Crippen LogP contribution in [0, 0.1) is 0 Å². The fraction of sp³-hybridized carbons (Fsp3) is 0.667. The highest BCUT2D eigenvalue weighted by atomic mass is 16.4. The predicted octanol–water partition coefficient (Wildman–Crippen LogP) is 0.740. The Kier molecular flexibility index (Phi) is 2.39. The fourth-order valence-electron chi connectivity index (χ4n) is 0.836. The highest BCUT2D eigenvalue weighted by Crippen LogP contribution is 2.10. The lowest BCUT2D eigenvalue weighted by Gasteiger charge is -2.06. The van der Waals surface area contributed by atoms with Crippen LogP contribution in [0.2, 0.25) is 0 Å². The molecular formula is C6H11N3O. The lowest BCUT2D eigenvalue weighted by Crippen LogP contribution is -2.15. The molecule has 56 valence electrons. The van der Waals surface area contributed by atoms with Gasteiger partial charge >= 0.3 is 0 Å². The Morgan fingerprint density at radius 2 is 2.60 bits per heavy atom. The summed E-state index contributed by atoms with van der Waals surface area (Å²) < 4.78 is 4.99. The molecule has 0 aromatic carbocycles. The van der Waals surface area contributed by atoms with Crippen molar-refractivity contribution in [3.05, 3.63) is 12.3 Å². The zero-order valence-electron chi connectivity index (χ0n) is 6.16. The molecule has 10 heavy (non-hydrogen) atoms. The van der Waals surface area contributed by atoms with Crippen LogP contribution in [0.4, 0.5) is 0 Å². The van der Waals surface area contributed by atoms with E-state index in [1.165, 1.54) is 6.39 Å². The smallest absolute Gasteiger partial charge is 0.233 e. The molecule has 0 aliphatic carbocycles. The molecule has 4 heteroatoms. The van der Waals surface area contributed by atoms with Gasteiger partial charge in [0.1, 0.15) is 0 Å². The third kappa shape index (κ3) is 1.33. The first-order valence-electron chi connectivity index (χ1n) is 3.31. The maximum absolute atomic E-state index is 4.99. The average Bonchev–Trinajstić information content (AvgIpc) is 2.43. The van der Waals surface area contributed by atoms with E-state index in [9.17, 15) is 0 Å². The molecule has 0 fully saturated rings. The van der Waals surface area contributed by atoms with Crippen LogP contribution in [0.25, 0.3) is 0 Å². The molecule has 0 spiro atoms. The minimum atomic E-state index is 0.197. The SMILES string of the molecule is CCC(NC)c1nnco1. The maximum Gasteiger partial charge on any atom is 0.233 e. The Balaban J connectivity index is 2.64. The van der Waals surface area contributed by atoms with Crippen LogP contribution in [-0.4, -0.2) is 17.2 Å². The van der Waals surface area contributed by atoms with E-state index in [2.05, 4.69) is 22.4 Å². The van der Waals surface area contributed by atoms with Crippen molar-refractivity contribution in [2.75, 3.05) is 7.05 Å². The van der Waals surface area contributed by atoms with Crippen LogP contribution in [-0.2, 0) is 0 Å². The second-order valence-corrected chi connectivity index (χ2v) is 2.03. The van der Waals surface area contributed by atoms with Gasteiger partial charge in [-0.2, -0.15) is 0 Å². The van der Waals surface area contributed by atoms with Crippen molar-refractivity contribution in [3.8, 4) is 0 Å². The summed E-state index contributed by atoms with van der Waals surface area (Å²) in [5.41, 5.74) is 0. The summed E-state index contributed by atoms with van der Waals surface area (Å²) in [4.78, 5) is 0. The number of nitrogens with zero attached hydrogens (tertiary/aromatic N) is 2. The van der Waals surface area contributed by atoms with E-state index in [0.717, 1.165) is 6.42 Å². The van der Waals surface area contributed by atoms with Crippen molar-refractivity contribution in [2.24, 2.45) is 0 Å². The molecule has 1 aromatic heterocycles. The fourth-order valence-corrected chi connectivity index (χ4v) is 0.836. The second-order valence-electron chi connectivity index (χ2n) is 2.03. The van der Waals surface area contributed by atoms with Gasteiger partial charge in [0.15, 0.2) is 0 Å². The van der Waals surface area contributed by atoms with Crippen LogP contribution >= 0.6 is 0 Å². The molecule has 0 radical (unpaired) electrons. The van der Waals surface area contributed by atoms with Crippen LogP contribution < -0.4 is 5.32 Å². The van der Waals surface area contributed by atoms with Gasteiger partial charge in [-0.3, -0.25) is 0 Å². The number of aromatic nitrogens is 2. The Labute approximate surface area is 59.6 Å². The van der Waals surface area contributed by atoms with E-state index in [1.807, 2.05) is 7.05 Å². The normalized spacial score (nSPS) is 13.4. The van der Waals surface area contributed by atoms with E-state index >= 15 is 0 Å². The number of nitrogens with one attached hydrogen (secondary N) is 1. The van der Waals surface area contributed by atoms with Gasteiger partial charge in [-0.05, 0) is 13.5 Å². The molecule has 1 rings (SSSR count). The molecule has 1 atom stereocenters. The van der Waals surface area contributed by atoms with Crippen LogP contribution in [0.1, 0.15) is 25.3 Å². The molecule has 4 nitrogen and oxygen atoms in total. The molecule has 0 aliphatic rings. The molecule has 0 aliphatic heterocycles. The molecule has 0 amide bonds. The summed E-state index contributed by atoms with van der Waals surface area (Å²) in [6.45, 7) is 2.06. The van der Waals surface area contributed by atoms with Crippen LogP contribution in [0.5, 0.6) is 0 Å². The minimum Gasteiger partial charge on any atom is -0.426 e. The predicted molar refractivity (Wildman–Crippen MR) is 36.4 cm³/mol. The molecule has 1 unspecified atom stereocenters. The molecule has 0 saturated carbocycles. The standard InChI is InChI=1S/C6H11N3O/c1-3-5(7-2)6-9-8-4-10-6/h4-5,7H,3H2,1-2H3. The zero-order valence-corrected chi connectivity index (χ0v) is 6.16. The number of rotatable bonds is 3.